The zero-order chi connectivity index (χ0) is 11.4. The quantitative estimate of drug-likeness (QED) is 0.520. The Bertz CT molecular complexity index is 120. The summed E-state index contributed by atoms with van der Waals surface area (Å²) < 4.78 is 5.16. The molecule has 0 heterocycles. The number of hydrogen-bond donors (Lipinski definition) is 2. The van der Waals surface area contributed by atoms with E-state index in [2.05, 4.69) is 19.2 Å². The molecule has 0 unspecified atom stereocenters. The fourth-order valence-electron chi connectivity index (χ4n) is 1.52. The van der Waals surface area contributed by atoms with Crippen molar-refractivity contribution in [1.82, 2.24) is 5.32 Å². The van der Waals surface area contributed by atoms with E-state index in [0.717, 1.165) is 6.54 Å². The molecule has 0 fully saturated rings. The van der Waals surface area contributed by atoms with Gasteiger partial charge in [0.05, 0.1) is 19.8 Å². The molecule has 0 aliphatic carbocycles. The van der Waals surface area contributed by atoms with Crippen LogP contribution >= 0.6 is 0 Å². The van der Waals surface area contributed by atoms with Crippen LogP contribution in [0.1, 0.15) is 46.0 Å². The third kappa shape index (κ3) is 11.8. The van der Waals surface area contributed by atoms with Crippen LogP contribution in [0.15, 0.2) is 0 Å². The van der Waals surface area contributed by atoms with Gasteiger partial charge in [0.2, 0.25) is 0 Å². The fraction of sp³-hybridized carbons (Fsp3) is 1.00. The molecule has 0 radical (unpaired) electrons. The molecule has 2 N–H and O–H groups in total. The summed E-state index contributed by atoms with van der Waals surface area (Å²) in [6.07, 6.45) is 6.58. The molecular formula is C12H27NO2. The Hall–Kier alpha value is -0.120. The standard InChI is InChI=1S/C12H27NO2/c1-3-4-5-6-7-12(2)13-8-10-15-11-9-14/h12-14H,3-11H2,1-2H3/t12-/m0/s1. The van der Waals surface area contributed by atoms with E-state index in [9.17, 15) is 0 Å². The average molecular weight is 217 g/mol. The highest BCUT2D eigenvalue weighted by Gasteiger charge is 1.99. The summed E-state index contributed by atoms with van der Waals surface area (Å²) in [5, 5.41) is 11.9. The summed E-state index contributed by atoms with van der Waals surface area (Å²) in [4.78, 5) is 0. The van der Waals surface area contributed by atoms with Crippen LogP contribution in [0.3, 0.4) is 0 Å². The molecule has 0 aromatic rings. The summed E-state index contributed by atoms with van der Waals surface area (Å²) in [6.45, 7) is 6.60. The zero-order valence-electron chi connectivity index (χ0n) is 10.3. The number of rotatable bonds is 11. The lowest BCUT2D eigenvalue weighted by atomic mass is 10.1. The van der Waals surface area contributed by atoms with E-state index in [0.29, 0.717) is 19.3 Å². The minimum atomic E-state index is 0.118. The minimum absolute atomic E-state index is 0.118. The van der Waals surface area contributed by atoms with E-state index < -0.39 is 0 Å². The largest absolute Gasteiger partial charge is 0.394 e. The number of aliphatic hydroxyl groups excluding tert-OH is 1. The molecule has 0 saturated heterocycles. The van der Waals surface area contributed by atoms with Crippen molar-refractivity contribution < 1.29 is 9.84 Å². The van der Waals surface area contributed by atoms with Crippen molar-refractivity contribution in [2.45, 2.75) is 52.0 Å². The molecule has 3 nitrogen and oxygen atoms in total. The van der Waals surface area contributed by atoms with Gasteiger partial charge in [0.15, 0.2) is 0 Å². The second kappa shape index (κ2) is 12.0. The van der Waals surface area contributed by atoms with Crippen molar-refractivity contribution in [1.29, 1.82) is 0 Å². The summed E-state index contributed by atoms with van der Waals surface area (Å²) in [7, 11) is 0. The predicted molar refractivity (Wildman–Crippen MR) is 64.1 cm³/mol. The molecule has 15 heavy (non-hydrogen) atoms. The molecule has 92 valence electrons. The Balaban J connectivity index is 3.08. The maximum Gasteiger partial charge on any atom is 0.0698 e. The highest BCUT2D eigenvalue weighted by molar-refractivity contribution is 4.60. The van der Waals surface area contributed by atoms with Crippen LogP contribution < -0.4 is 5.32 Å². The van der Waals surface area contributed by atoms with Crippen molar-refractivity contribution in [3.63, 3.8) is 0 Å². The van der Waals surface area contributed by atoms with Crippen LogP contribution in [0.2, 0.25) is 0 Å². The van der Waals surface area contributed by atoms with E-state index >= 15 is 0 Å². The number of hydrogen-bond acceptors (Lipinski definition) is 3. The van der Waals surface area contributed by atoms with Gasteiger partial charge in [0, 0.05) is 12.6 Å². The molecule has 0 saturated carbocycles. The number of unbranched alkanes of at least 4 members (excludes halogenated alkanes) is 3. The van der Waals surface area contributed by atoms with Crippen molar-refractivity contribution in [2.75, 3.05) is 26.4 Å². The molecule has 0 aromatic heterocycles. The van der Waals surface area contributed by atoms with Gasteiger partial charge in [-0.1, -0.05) is 32.6 Å². The topological polar surface area (TPSA) is 41.5 Å². The molecule has 0 rings (SSSR count). The van der Waals surface area contributed by atoms with E-state index in [1.807, 2.05) is 0 Å². The maximum absolute atomic E-state index is 8.50. The van der Waals surface area contributed by atoms with Crippen LogP contribution in [-0.2, 0) is 4.74 Å². The van der Waals surface area contributed by atoms with Gasteiger partial charge >= 0.3 is 0 Å². The van der Waals surface area contributed by atoms with Crippen molar-refractivity contribution >= 4 is 0 Å². The molecular weight excluding hydrogens is 190 g/mol. The predicted octanol–water partition coefficient (Wildman–Crippen LogP) is 1.94. The SMILES string of the molecule is CCCCCC[C@H](C)NCCOCCO. The monoisotopic (exact) mass is 217 g/mol. The van der Waals surface area contributed by atoms with E-state index in [1.54, 1.807) is 0 Å². The summed E-state index contributed by atoms with van der Waals surface area (Å²) >= 11 is 0. The maximum atomic E-state index is 8.50. The molecule has 0 bridgehead atoms. The molecule has 1 atom stereocenters. The lowest BCUT2D eigenvalue weighted by Crippen LogP contribution is -2.29. The first-order valence-corrected chi connectivity index (χ1v) is 6.23. The highest BCUT2D eigenvalue weighted by atomic mass is 16.5. The van der Waals surface area contributed by atoms with Crippen LogP contribution in [0, 0.1) is 0 Å². The molecule has 0 aromatic carbocycles. The second-order valence-electron chi connectivity index (χ2n) is 4.04. The first-order valence-electron chi connectivity index (χ1n) is 6.23. The van der Waals surface area contributed by atoms with Crippen LogP contribution in [0.25, 0.3) is 0 Å². The summed E-state index contributed by atoms with van der Waals surface area (Å²) in [6, 6.07) is 0.583. The summed E-state index contributed by atoms with van der Waals surface area (Å²) in [5.41, 5.74) is 0. The molecule has 3 heteroatoms. The zero-order valence-corrected chi connectivity index (χ0v) is 10.3. The molecule has 0 amide bonds. The fourth-order valence-corrected chi connectivity index (χ4v) is 1.52. The van der Waals surface area contributed by atoms with E-state index in [1.165, 1.54) is 32.1 Å². The van der Waals surface area contributed by atoms with Crippen LogP contribution in [0.5, 0.6) is 0 Å². The van der Waals surface area contributed by atoms with Gasteiger partial charge < -0.3 is 15.2 Å². The van der Waals surface area contributed by atoms with Gasteiger partial charge in [-0.15, -0.1) is 0 Å². The first-order chi connectivity index (χ1) is 7.31. The number of aliphatic hydroxyl groups is 1. The lowest BCUT2D eigenvalue weighted by molar-refractivity contribution is 0.0926. The van der Waals surface area contributed by atoms with Gasteiger partial charge in [-0.05, 0) is 13.3 Å². The second-order valence-corrected chi connectivity index (χ2v) is 4.04. The van der Waals surface area contributed by atoms with E-state index in [-0.39, 0.29) is 6.61 Å². The van der Waals surface area contributed by atoms with Gasteiger partial charge in [0.1, 0.15) is 0 Å². The normalized spacial score (nSPS) is 13.0. The van der Waals surface area contributed by atoms with Crippen molar-refractivity contribution in [2.24, 2.45) is 0 Å². The Kier molecular flexibility index (Phi) is 11.9. The molecule has 0 spiro atoms. The molecule has 0 aliphatic rings. The first kappa shape index (κ1) is 14.9. The van der Waals surface area contributed by atoms with Gasteiger partial charge in [-0.2, -0.15) is 0 Å². The van der Waals surface area contributed by atoms with Crippen LogP contribution in [-0.4, -0.2) is 37.5 Å². The summed E-state index contributed by atoms with van der Waals surface area (Å²) in [5.74, 6) is 0. The van der Waals surface area contributed by atoms with E-state index in [4.69, 9.17) is 9.84 Å². The highest BCUT2D eigenvalue weighted by Crippen LogP contribution is 2.04. The Labute approximate surface area is 94.2 Å². The molecule has 0 aliphatic heterocycles. The smallest absolute Gasteiger partial charge is 0.0698 e. The van der Waals surface area contributed by atoms with Gasteiger partial charge in [-0.3, -0.25) is 0 Å². The average Bonchev–Trinajstić information content (AvgIpc) is 2.24. The van der Waals surface area contributed by atoms with Crippen molar-refractivity contribution in [3.8, 4) is 0 Å². The third-order valence-electron chi connectivity index (χ3n) is 2.47. The van der Waals surface area contributed by atoms with Crippen LogP contribution in [0.4, 0.5) is 0 Å². The number of ether oxygens (including phenoxy) is 1. The van der Waals surface area contributed by atoms with Gasteiger partial charge in [0.25, 0.3) is 0 Å². The Morgan fingerprint density at radius 3 is 2.67 bits per heavy atom. The van der Waals surface area contributed by atoms with Gasteiger partial charge in [-0.25, -0.2) is 0 Å². The Morgan fingerprint density at radius 2 is 2.00 bits per heavy atom. The third-order valence-corrected chi connectivity index (χ3v) is 2.47. The lowest BCUT2D eigenvalue weighted by Gasteiger charge is -2.13. The van der Waals surface area contributed by atoms with Crippen molar-refractivity contribution in [3.05, 3.63) is 0 Å². The number of nitrogens with one attached hydrogen (secondary N) is 1. The minimum Gasteiger partial charge on any atom is -0.394 e. The Morgan fingerprint density at radius 1 is 1.20 bits per heavy atom.